The zero-order valence-corrected chi connectivity index (χ0v) is 11.7. The van der Waals surface area contributed by atoms with Gasteiger partial charge < -0.3 is 4.74 Å². The molecule has 0 saturated heterocycles. The van der Waals surface area contributed by atoms with E-state index in [1.54, 1.807) is 0 Å². The number of ether oxygens (including phenoxy) is 1. The highest BCUT2D eigenvalue weighted by Crippen LogP contribution is 2.33. The first-order valence-electron chi connectivity index (χ1n) is 7.37. The van der Waals surface area contributed by atoms with Crippen molar-refractivity contribution in [2.24, 2.45) is 11.8 Å². The van der Waals surface area contributed by atoms with Crippen molar-refractivity contribution in [2.45, 2.75) is 65.2 Å². The second-order valence-electron chi connectivity index (χ2n) is 5.29. The summed E-state index contributed by atoms with van der Waals surface area (Å²) in [5.41, 5.74) is 0. The molecule has 0 amide bonds. The van der Waals surface area contributed by atoms with Crippen molar-refractivity contribution in [3.8, 4) is 0 Å². The molecule has 0 aromatic carbocycles. The molecule has 0 bridgehead atoms. The van der Waals surface area contributed by atoms with Crippen LogP contribution in [0.1, 0.15) is 65.2 Å². The van der Waals surface area contributed by atoms with E-state index in [9.17, 15) is 9.59 Å². The average molecular weight is 254 g/mol. The Bertz CT molecular complexity index is 273. The molecule has 0 radical (unpaired) electrons. The monoisotopic (exact) mass is 254 g/mol. The number of hydrogen-bond donors (Lipinski definition) is 0. The Kier molecular flexibility index (Phi) is 6.99. The van der Waals surface area contributed by atoms with E-state index < -0.39 is 0 Å². The zero-order valence-electron chi connectivity index (χ0n) is 11.7. The minimum Gasteiger partial charge on any atom is -0.466 e. The van der Waals surface area contributed by atoms with Gasteiger partial charge in [-0.1, -0.05) is 26.7 Å². The second kappa shape index (κ2) is 8.28. The molecule has 104 valence electrons. The topological polar surface area (TPSA) is 43.4 Å². The van der Waals surface area contributed by atoms with Gasteiger partial charge in [-0.3, -0.25) is 9.59 Å². The molecular formula is C15H26O3. The van der Waals surface area contributed by atoms with Crippen molar-refractivity contribution in [1.29, 1.82) is 0 Å². The fourth-order valence-electron chi connectivity index (χ4n) is 2.74. The van der Waals surface area contributed by atoms with Gasteiger partial charge in [0.1, 0.15) is 5.78 Å². The summed E-state index contributed by atoms with van der Waals surface area (Å²) >= 11 is 0. The Balaban J connectivity index is 2.49. The van der Waals surface area contributed by atoms with E-state index in [-0.39, 0.29) is 17.8 Å². The molecule has 1 rings (SSSR count). The third-order valence-corrected chi connectivity index (χ3v) is 3.75. The van der Waals surface area contributed by atoms with Crippen LogP contribution in [0.15, 0.2) is 0 Å². The normalized spacial score (nSPS) is 21.0. The lowest BCUT2D eigenvalue weighted by Gasteiger charge is -2.21. The molecule has 1 aliphatic carbocycles. The van der Waals surface area contributed by atoms with Crippen molar-refractivity contribution in [2.75, 3.05) is 6.61 Å². The molecule has 0 aromatic rings. The molecule has 0 heterocycles. The van der Waals surface area contributed by atoms with Crippen LogP contribution in [0.2, 0.25) is 0 Å². The minimum absolute atomic E-state index is 0.116. The summed E-state index contributed by atoms with van der Waals surface area (Å²) in [6.07, 6.45) is 7.14. The molecule has 2 atom stereocenters. The van der Waals surface area contributed by atoms with Crippen molar-refractivity contribution in [1.82, 2.24) is 0 Å². The molecule has 0 spiro atoms. The fourth-order valence-corrected chi connectivity index (χ4v) is 2.74. The first kappa shape index (κ1) is 15.2. The maximum absolute atomic E-state index is 11.8. The van der Waals surface area contributed by atoms with E-state index in [4.69, 9.17) is 4.74 Å². The van der Waals surface area contributed by atoms with E-state index in [1.807, 2.05) is 6.92 Å². The van der Waals surface area contributed by atoms with Gasteiger partial charge in [-0.05, 0) is 31.6 Å². The van der Waals surface area contributed by atoms with E-state index in [1.165, 1.54) is 0 Å². The first-order valence-corrected chi connectivity index (χ1v) is 7.37. The molecule has 1 fully saturated rings. The van der Waals surface area contributed by atoms with Crippen LogP contribution < -0.4 is 0 Å². The summed E-state index contributed by atoms with van der Waals surface area (Å²) in [4.78, 5) is 23.5. The smallest absolute Gasteiger partial charge is 0.306 e. The van der Waals surface area contributed by atoms with Gasteiger partial charge in [0.2, 0.25) is 0 Å². The molecule has 2 unspecified atom stereocenters. The van der Waals surface area contributed by atoms with Crippen LogP contribution >= 0.6 is 0 Å². The quantitative estimate of drug-likeness (QED) is 0.623. The lowest BCUT2D eigenvalue weighted by molar-refractivity contribution is -0.145. The molecule has 3 nitrogen and oxygen atoms in total. The van der Waals surface area contributed by atoms with Gasteiger partial charge in [-0.15, -0.1) is 0 Å². The number of esters is 1. The van der Waals surface area contributed by atoms with Gasteiger partial charge in [0, 0.05) is 18.8 Å². The molecule has 0 N–H and O–H groups in total. The maximum Gasteiger partial charge on any atom is 0.306 e. The number of unbranched alkanes of at least 4 members (excludes halogenated alkanes) is 1. The van der Waals surface area contributed by atoms with Gasteiger partial charge in [-0.25, -0.2) is 0 Å². The first-order chi connectivity index (χ1) is 8.69. The SMILES string of the molecule is CCCCC(CC(=O)OCCC)C1CCCC1=O. The highest BCUT2D eigenvalue weighted by Gasteiger charge is 2.33. The number of carbonyl (C=O) groups excluding carboxylic acids is 2. The lowest BCUT2D eigenvalue weighted by atomic mass is 9.84. The van der Waals surface area contributed by atoms with E-state index in [2.05, 4.69) is 6.92 Å². The standard InChI is InChI=1S/C15H26O3/c1-3-5-7-12(11-15(17)18-10-4-2)13-8-6-9-14(13)16/h12-13H,3-11H2,1-2H3. The Morgan fingerprint density at radius 3 is 2.72 bits per heavy atom. The summed E-state index contributed by atoms with van der Waals surface area (Å²) in [6.45, 7) is 4.63. The molecule has 0 aromatic heterocycles. The van der Waals surface area contributed by atoms with Crippen molar-refractivity contribution < 1.29 is 14.3 Å². The summed E-state index contributed by atoms with van der Waals surface area (Å²) in [7, 11) is 0. The van der Waals surface area contributed by atoms with Crippen LogP contribution in [0.4, 0.5) is 0 Å². The molecular weight excluding hydrogens is 228 g/mol. The molecule has 18 heavy (non-hydrogen) atoms. The Labute approximate surface area is 110 Å². The summed E-state index contributed by atoms with van der Waals surface area (Å²) in [5, 5.41) is 0. The number of hydrogen-bond acceptors (Lipinski definition) is 3. The van der Waals surface area contributed by atoms with Gasteiger partial charge in [0.15, 0.2) is 0 Å². The fraction of sp³-hybridized carbons (Fsp3) is 0.867. The van der Waals surface area contributed by atoms with E-state index in [0.717, 1.165) is 38.5 Å². The Hall–Kier alpha value is -0.860. The van der Waals surface area contributed by atoms with Crippen molar-refractivity contribution >= 4 is 11.8 Å². The van der Waals surface area contributed by atoms with Crippen molar-refractivity contribution in [3.05, 3.63) is 0 Å². The van der Waals surface area contributed by atoms with Crippen LogP contribution in [0, 0.1) is 11.8 Å². The number of Topliss-reactive ketones (excluding diaryl/α,β-unsaturated/α-hetero) is 1. The predicted octanol–water partition coefficient (Wildman–Crippen LogP) is 3.51. The number of ketones is 1. The van der Waals surface area contributed by atoms with Gasteiger partial charge in [0.25, 0.3) is 0 Å². The molecule has 0 aliphatic heterocycles. The van der Waals surface area contributed by atoms with Gasteiger partial charge >= 0.3 is 5.97 Å². The summed E-state index contributed by atoms with van der Waals surface area (Å²) in [5.74, 6) is 0.562. The van der Waals surface area contributed by atoms with Crippen LogP contribution in [0.5, 0.6) is 0 Å². The van der Waals surface area contributed by atoms with Crippen LogP contribution in [0.25, 0.3) is 0 Å². The third-order valence-electron chi connectivity index (χ3n) is 3.75. The number of rotatable bonds is 8. The van der Waals surface area contributed by atoms with E-state index >= 15 is 0 Å². The molecule has 3 heteroatoms. The average Bonchev–Trinajstić information content (AvgIpc) is 2.78. The summed E-state index contributed by atoms with van der Waals surface area (Å²) < 4.78 is 5.15. The second-order valence-corrected chi connectivity index (χ2v) is 5.29. The third kappa shape index (κ3) is 4.79. The van der Waals surface area contributed by atoms with Crippen LogP contribution in [0.3, 0.4) is 0 Å². The van der Waals surface area contributed by atoms with E-state index in [0.29, 0.717) is 25.2 Å². The molecule has 1 aliphatic rings. The molecule has 1 saturated carbocycles. The Morgan fingerprint density at radius 2 is 2.17 bits per heavy atom. The highest BCUT2D eigenvalue weighted by molar-refractivity contribution is 5.83. The van der Waals surface area contributed by atoms with Gasteiger partial charge in [-0.2, -0.15) is 0 Å². The highest BCUT2D eigenvalue weighted by atomic mass is 16.5. The zero-order chi connectivity index (χ0) is 13.4. The van der Waals surface area contributed by atoms with Crippen molar-refractivity contribution in [3.63, 3.8) is 0 Å². The lowest BCUT2D eigenvalue weighted by Crippen LogP contribution is -2.23. The van der Waals surface area contributed by atoms with Gasteiger partial charge in [0.05, 0.1) is 6.61 Å². The largest absolute Gasteiger partial charge is 0.466 e. The predicted molar refractivity (Wildman–Crippen MR) is 71.2 cm³/mol. The Morgan fingerprint density at radius 1 is 1.39 bits per heavy atom. The summed E-state index contributed by atoms with van der Waals surface area (Å²) in [6, 6.07) is 0. The van der Waals surface area contributed by atoms with Crippen LogP contribution in [-0.4, -0.2) is 18.4 Å². The van der Waals surface area contributed by atoms with Crippen LogP contribution in [-0.2, 0) is 14.3 Å². The number of carbonyl (C=O) groups is 2. The maximum atomic E-state index is 11.8. The minimum atomic E-state index is -0.127.